The van der Waals surface area contributed by atoms with Crippen LogP contribution in [0.3, 0.4) is 0 Å². The lowest BCUT2D eigenvalue weighted by Crippen LogP contribution is -2.12. The van der Waals surface area contributed by atoms with E-state index in [-0.39, 0.29) is 0 Å². The number of halogens is 1. The third-order valence-corrected chi connectivity index (χ3v) is 4.09. The van der Waals surface area contributed by atoms with Crippen LogP contribution in [0.4, 0.5) is 0 Å². The van der Waals surface area contributed by atoms with Crippen molar-refractivity contribution < 1.29 is 0 Å². The predicted octanol–water partition coefficient (Wildman–Crippen LogP) is 3.84. The summed E-state index contributed by atoms with van der Waals surface area (Å²) in [5, 5.41) is 18.1. The summed E-state index contributed by atoms with van der Waals surface area (Å²) < 4.78 is 1.78. The van der Waals surface area contributed by atoms with Gasteiger partial charge in [-0.15, -0.1) is 5.10 Å². The maximum Gasteiger partial charge on any atom is 0.186 e. The second kappa shape index (κ2) is 5.64. The quantitative estimate of drug-likeness (QED) is 0.843. The zero-order chi connectivity index (χ0) is 13.9. The Bertz CT molecular complexity index is 650. The van der Waals surface area contributed by atoms with Gasteiger partial charge >= 0.3 is 0 Å². The van der Waals surface area contributed by atoms with E-state index in [1.165, 1.54) is 19.3 Å². The molecule has 1 saturated carbocycles. The summed E-state index contributed by atoms with van der Waals surface area (Å²) in [5.41, 5.74) is 2.25. The van der Waals surface area contributed by atoms with Gasteiger partial charge in [-0.25, -0.2) is 4.68 Å². The average Bonchev–Trinajstić information content (AvgIpc) is 2.92. The minimum atomic E-state index is 0.368. The van der Waals surface area contributed by atoms with Crippen molar-refractivity contribution in [2.45, 2.75) is 38.0 Å². The van der Waals surface area contributed by atoms with E-state index in [0.717, 1.165) is 24.2 Å². The summed E-state index contributed by atoms with van der Waals surface area (Å²) in [7, 11) is 0. The highest BCUT2D eigenvalue weighted by Crippen LogP contribution is 2.34. The fourth-order valence-electron chi connectivity index (χ4n) is 2.91. The molecule has 0 aliphatic heterocycles. The second-order valence-corrected chi connectivity index (χ2v) is 5.60. The molecule has 0 atom stereocenters. The van der Waals surface area contributed by atoms with Crippen LogP contribution in [0.1, 0.15) is 49.4 Å². The first kappa shape index (κ1) is 13.1. The molecule has 0 N–H and O–H groups in total. The van der Waals surface area contributed by atoms with E-state index in [4.69, 9.17) is 11.6 Å². The molecule has 2 aromatic rings. The van der Waals surface area contributed by atoms with Crippen molar-refractivity contribution in [3.63, 3.8) is 0 Å². The molecule has 0 unspecified atom stereocenters. The van der Waals surface area contributed by atoms with E-state index in [0.29, 0.717) is 16.6 Å². The molecule has 4 nitrogen and oxygen atoms in total. The first-order valence-electron chi connectivity index (χ1n) is 6.91. The number of nitriles is 1. The van der Waals surface area contributed by atoms with Gasteiger partial charge in [0, 0.05) is 10.9 Å². The molecule has 0 saturated heterocycles. The molecule has 0 radical (unpaired) electrons. The Morgan fingerprint density at radius 3 is 2.75 bits per heavy atom. The van der Waals surface area contributed by atoms with Crippen molar-refractivity contribution in [2.75, 3.05) is 0 Å². The molecule has 0 spiro atoms. The van der Waals surface area contributed by atoms with Gasteiger partial charge in [0.1, 0.15) is 6.07 Å². The average molecular weight is 287 g/mol. The van der Waals surface area contributed by atoms with E-state index >= 15 is 0 Å². The number of benzene rings is 1. The van der Waals surface area contributed by atoms with Crippen molar-refractivity contribution in [1.82, 2.24) is 15.0 Å². The number of rotatable bonds is 2. The molecule has 0 bridgehead atoms. The summed E-state index contributed by atoms with van der Waals surface area (Å²) in [6.07, 6.45) is 5.88. The van der Waals surface area contributed by atoms with Crippen LogP contribution in [0.5, 0.6) is 0 Å². The molecule has 3 rings (SSSR count). The summed E-state index contributed by atoms with van der Waals surface area (Å²) in [6, 6.07) is 9.67. The molecule has 102 valence electrons. The molecule has 20 heavy (non-hydrogen) atoms. The van der Waals surface area contributed by atoms with E-state index in [9.17, 15) is 5.26 Å². The van der Waals surface area contributed by atoms with Crippen LogP contribution in [-0.4, -0.2) is 15.0 Å². The normalized spacial score (nSPS) is 16.0. The van der Waals surface area contributed by atoms with Gasteiger partial charge in [0.05, 0.1) is 11.4 Å². The van der Waals surface area contributed by atoms with Crippen LogP contribution in [-0.2, 0) is 0 Å². The molecule has 1 aliphatic rings. The molecule has 1 fully saturated rings. The van der Waals surface area contributed by atoms with Crippen molar-refractivity contribution in [3.8, 4) is 11.8 Å². The van der Waals surface area contributed by atoms with Gasteiger partial charge in [-0.3, -0.25) is 0 Å². The molecular formula is C15H15ClN4. The first-order valence-corrected chi connectivity index (χ1v) is 7.29. The Labute approximate surface area is 123 Å². The minimum Gasteiger partial charge on any atom is -0.216 e. The zero-order valence-electron chi connectivity index (χ0n) is 11.1. The smallest absolute Gasteiger partial charge is 0.186 e. The van der Waals surface area contributed by atoms with E-state index in [1.807, 2.05) is 24.3 Å². The van der Waals surface area contributed by atoms with Gasteiger partial charge in [-0.2, -0.15) is 5.26 Å². The number of hydrogen-bond donors (Lipinski definition) is 0. The Balaban J connectivity index is 2.07. The molecule has 0 amide bonds. The van der Waals surface area contributed by atoms with Gasteiger partial charge in [-0.05, 0) is 31.0 Å². The maximum atomic E-state index is 9.27. The summed E-state index contributed by atoms with van der Waals surface area (Å²) >= 11 is 6.05. The topological polar surface area (TPSA) is 54.5 Å². The lowest BCUT2D eigenvalue weighted by molar-refractivity contribution is 0.429. The maximum absolute atomic E-state index is 9.27. The van der Waals surface area contributed by atoms with Crippen LogP contribution in [0.25, 0.3) is 5.69 Å². The van der Waals surface area contributed by atoms with E-state index < -0.39 is 0 Å². The van der Waals surface area contributed by atoms with Crippen molar-refractivity contribution in [1.29, 1.82) is 5.26 Å². The van der Waals surface area contributed by atoms with Crippen LogP contribution >= 0.6 is 11.6 Å². The van der Waals surface area contributed by atoms with Crippen LogP contribution < -0.4 is 0 Å². The van der Waals surface area contributed by atoms with Crippen molar-refractivity contribution in [3.05, 3.63) is 40.7 Å². The lowest BCUT2D eigenvalue weighted by Gasteiger charge is -2.22. The fraction of sp³-hybridized carbons (Fsp3) is 0.400. The summed E-state index contributed by atoms with van der Waals surface area (Å²) in [4.78, 5) is 0. The van der Waals surface area contributed by atoms with Gasteiger partial charge in [0.15, 0.2) is 5.69 Å². The highest BCUT2D eigenvalue weighted by Gasteiger charge is 2.25. The zero-order valence-corrected chi connectivity index (χ0v) is 11.8. The van der Waals surface area contributed by atoms with Crippen LogP contribution in [0.15, 0.2) is 24.3 Å². The number of nitrogens with zero attached hydrogens (tertiary/aromatic N) is 4. The molecular weight excluding hydrogens is 272 g/mol. The Hall–Kier alpha value is -1.86. The molecule has 5 heteroatoms. The van der Waals surface area contributed by atoms with Gasteiger partial charge in [0.25, 0.3) is 0 Å². The van der Waals surface area contributed by atoms with Crippen LogP contribution in [0.2, 0.25) is 5.02 Å². The van der Waals surface area contributed by atoms with Crippen molar-refractivity contribution in [2.24, 2.45) is 0 Å². The minimum absolute atomic E-state index is 0.368. The predicted molar refractivity (Wildman–Crippen MR) is 76.9 cm³/mol. The van der Waals surface area contributed by atoms with Gasteiger partial charge < -0.3 is 0 Å². The Morgan fingerprint density at radius 1 is 1.25 bits per heavy atom. The SMILES string of the molecule is N#Cc1nnn(-c2cccc(Cl)c2)c1C1CCCCC1. The Kier molecular flexibility index (Phi) is 3.70. The third-order valence-electron chi connectivity index (χ3n) is 3.86. The first-order chi connectivity index (χ1) is 9.79. The highest BCUT2D eigenvalue weighted by atomic mass is 35.5. The largest absolute Gasteiger partial charge is 0.216 e. The van der Waals surface area contributed by atoms with Gasteiger partial charge in [0.2, 0.25) is 0 Å². The van der Waals surface area contributed by atoms with Gasteiger partial charge in [-0.1, -0.05) is 42.1 Å². The molecule has 1 aromatic carbocycles. The molecule has 1 heterocycles. The van der Waals surface area contributed by atoms with Crippen LogP contribution in [0, 0.1) is 11.3 Å². The second-order valence-electron chi connectivity index (χ2n) is 5.16. The Morgan fingerprint density at radius 2 is 2.05 bits per heavy atom. The summed E-state index contributed by atoms with van der Waals surface area (Å²) in [6.45, 7) is 0. The molecule has 1 aromatic heterocycles. The standard InChI is InChI=1S/C15H15ClN4/c16-12-7-4-8-13(9-12)20-15(14(10-17)18-19-20)11-5-2-1-3-6-11/h4,7-9,11H,1-3,5-6H2. The highest BCUT2D eigenvalue weighted by molar-refractivity contribution is 6.30. The fourth-order valence-corrected chi connectivity index (χ4v) is 3.09. The lowest BCUT2D eigenvalue weighted by atomic mass is 9.86. The molecule has 1 aliphatic carbocycles. The van der Waals surface area contributed by atoms with E-state index in [1.54, 1.807) is 4.68 Å². The van der Waals surface area contributed by atoms with E-state index in [2.05, 4.69) is 16.4 Å². The number of hydrogen-bond acceptors (Lipinski definition) is 3. The summed E-state index contributed by atoms with van der Waals surface area (Å²) in [5.74, 6) is 0.368. The number of aromatic nitrogens is 3. The van der Waals surface area contributed by atoms with Crippen molar-refractivity contribution >= 4 is 11.6 Å². The third kappa shape index (κ3) is 2.41. The monoisotopic (exact) mass is 286 g/mol.